The Morgan fingerprint density at radius 3 is 2.30 bits per heavy atom. The lowest BCUT2D eigenvalue weighted by atomic mass is 10.0. The van der Waals surface area contributed by atoms with E-state index >= 15 is 0 Å². The Labute approximate surface area is 228 Å². The van der Waals surface area contributed by atoms with Crippen LogP contribution in [0.1, 0.15) is 54.6 Å². The van der Waals surface area contributed by atoms with Gasteiger partial charge in [0.05, 0.1) is 0 Å². The van der Waals surface area contributed by atoms with Crippen LogP contribution in [0.4, 0.5) is 5.82 Å². The van der Waals surface area contributed by atoms with Crippen molar-refractivity contribution in [3.8, 4) is 16.9 Å². The number of ether oxygens (including phenoxy) is 1. The highest BCUT2D eigenvalue weighted by atomic mass is 35.5. The van der Waals surface area contributed by atoms with Crippen molar-refractivity contribution in [2.24, 2.45) is 0 Å². The van der Waals surface area contributed by atoms with Gasteiger partial charge in [0, 0.05) is 52.1 Å². The molecule has 0 radical (unpaired) electrons. The Kier molecular flexibility index (Phi) is 7.89. The summed E-state index contributed by atoms with van der Waals surface area (Å²) in [7, 11) is 0. The highest BCUT2D eigenvalue weighted by Gasteiger charge is 2.28. The topological polar surface area (TPSA) is 71.7 Å². The molecule has 3 heterocycles. The SMILES string of the molecule is CC(Oc1cc(-c2ccc(C(=O)N3CCC(N4CCCC4)CC3)cc2)cnc1N)c1c(Cl)cccc1Cl. The minimum atomic E-state index is -0.421. The van der Waals surface area contributed by atoms with Gasteiger partial charge in [-0.3, -0.25) is 4.79 Å². The van der Waals surface area contributed by atoms with Crippen LogP contribution in [0.3, 0.4) is 0 Å². The maximum atomic E-state index is 13.1. The number of rotatable bonds is 6. The number of anilines is 1. The van der Waals surface area contributed by atoms with Crippen LogP contribution in [0.15, 0.2) is 54.7 Å². The third kappa shape index (κ3) is 5.71. The molecule has 1 aromatic heterocycles. The molecule has 0 saturated carbocycles. The minimum Gasteiger partial charge on any atom is -0.482 e. The molecule has 1 unspecified atom stereocenters. The number of pyridine rings is 1. The van der Waals surface area contributed by atoms with Crippen molar-refractivity contribution in [2.45, 2.75) is 44.8 Å². The second kappa shape index (κ2) is 11.3. The van der Waals surface area contributed by atoms with Crippen LogP contribution in [0.5, 0.6) is 5.75 Å². The van der Waals surface area contributed by atoms with Crippen LogP contribution in [0.2, 0.25) is 10.0 Å². The Morgan fingerprint density at radius 2 is 1.65 bits per heavy atom. The van der Waals surface area contributed by atoms with Gasteiger partial charge >= 0.3 is 0 Å². The fraction of sp³-hybridized carbons (Fsp3) is 0.379. The van der Waals surface area contributed by atoms with Gasteiger partial charge in [-0.05, 0) is 81.6 Å². The van der Waals surface area contributed by atoms with Gasteiger partial charge in [0.15, 0.2) is 11.6 Å². The molecule has 37 heavy (non-hydrogen) atoms. The molecule has 2 saturated heterocycles. The van der Waals surface area contributed by atoms with Gasteiger partial charge in [-0.2, -0.15) is 0 Å². The number of amides is 1. The summed E-state index contributed by atoms with van der Waals surface area (Å²) in [6, 6.07) is 15.5. The van der Waals surface area contributed by atoms with E-state index in [-0.39, 0.29) is 11.7 Å². The van der Waals surface area contributed by atoms with Gasteiger partial charge in [-0.15, -0.1) is 0 Å². The van der Waals surface area contributed by atoms with Crippen molar-refractivity contribution in [2.75, 3.05) is 31.9 Å². The van der Waals surface area contributed by atoms with Gasteiger partial charge in [-0.1, -0.05) is 41.4 Å². The molecule has 2 aromatic carbocycles. The van der Waals surface area contributed by atoms with Crippen molar-refractivity contribution >= 4 is 34.9 Å². The number of piperidine rings is 1. The van der Waals surface area contributed by atoms with Crippen molar-refractivity contribution in [3.63, 3.8) is 0 Å². The summed E-state index contributed by atoms with van der Waals surface area (Å²) in [5, 5.41) is 1.06. The van der Waals surface area contributed by atoms with Crippen LogP contribution < -0.4 is 10.5 Å². The minimum absolute atomic E-state index is 0.0938. The van der Waals surface area contributed by atoms with Crippen molar-refractivity contribution in [3.05, 3.63) is 75.9 Å². The number of nitrogen functional groups attached to an aromatic ring is 1. The van der Waals surface area contributed by atoms with Crippen molar-refractivity contribution in [1.29, 1.82) is 0 Å². The molecule has 0 aliphatic carbocycles. The molecule has 8 heteroatoms. The third-order valence-corrected chi connectivity index (χ3v) is 8.12. The van der Waals surface area contributed by atoms with E-state index in [0.717, 1.165) is 37.1 Å². The zero-order valence-corrected chi connectivity index (χ0v) is 22.5. The van der Waals surface area contributed by atoms with Gasteiger partial charge < -0.3 is 20.3 Å². The monoisotopic (exact) mass is 538 g/mol. The predicted octanol–water partition coefficient (Wildman–Crippen LogP) is 6.48. The number of benzene rings is 2. The molecule has 2 fully saturated rings. The number of likely N-dealkylation sites (tertiary alicyclic amines) is 2. The zero-order chi connectivity index (χ0) is 25.9. The molecule has 2 aliphatic rings. The predicted molar refractivity (Wildman–Crippen MR) is 149 cm³/mol. The molecule has 2 N–H and O–H groups in total. The van der Waals surface area contributed by atoms with Gasteiger partial charge in [0.1, 0.15) is 6.10 Å². The molecule has 0 spiro atoms. The molecule has 1 atom stereocenters. The third-order valence-electron chi connectivity index (χ3n) is 7.47. The van der Waals surface area contributed by atoms with E-state index in [1.165, 1.54) is 25.9 Å². The fourth-order valence-corrected chi connectivity index (χ4v) is 6.09. The first-order chi connectivity index (χ1) is 17.9. The van der Waals surface area contributed by atoms with E-state index in [0.29, 0.717) is 33.0 Å². The Bertz CT molecular complexity index is 1230. The van der Waals surface area contributed by atoms with Crippen LogP contribution in [0.25, 0.3) is 11.1 Å². The first kappa shape index (κ1) is 25.8. The second-order valence-corrected chi connectivity index (χ2v) is 10.7. The summed E-state index contributed by atoms with van der Waals surface area (Å²) < 4.78 is 6.12. The number of hydrogen-bond donors (Lipinski definition) is 1. The lowest BCUT2D eigenvalue weighted by Crippen LogP contribution is -2.45. The highest BCUT2D eigenvalue weighted by molar-refractivity contribution is 6.36. The van der Waals surface area contributed by atoms with Gasteiger partial charge in [0.2, 0.25) is 0 Å². The van der Waals surface area contributed by atoms with Crippen LogP contribution in [0, 0.1) is 0 Å². The van der Waals surface area contributed by atoms with Gasteiger partial charge in [0.25, 0.3) is 5.91 Å². The van der Waals surface area contributed by atoms with E-state index in [1.54, 1.807) is 24.4 Å². The average Bonchev–Trinajstić information content (AvgIpc) is 3.45. The van der Waals surface area contributed by atoms with E-state index in [1.807, 2.05) is 42.2 Å². The Balaban J connectivity index is 1.26. The largest absolute Gasteiger partial charge is 0.482 e. The number of carbonyl (C=O) groups excluding carboxylic acids is 1. The van der Waals surface area contributed by atoms with Crippen molar-refractivity contribution < 1.29 is 9.53 Å². The zero-order valence-electron chi connectivity index (χ0n) is 21.0. The maximum absolute atomic E-state index is 13.1. The average molecular weight is 540 g/mol. The first-order valence-corrected chi connectivity index (χ1v) is 13.7. The molecule has 0 bridgehead atoms. The Hall–Kier alpha value is -2.80. The molecular weight excluding hydrogens is 507 g/mol. The fourth-order valence-electron chi connectivity index (χ4n) is 5.38. The standard InChI is InChI=1S/C29H32Cl2N4O2/c1-19(27-24(30)5-4-6-25(27)31)37-26-17-22(18-33-28(26)32)20-7-9-21(10-8-20)29(36)35-15-11-23(12-16-35)34-13-2-3-14-34/h4-10,17-19,23H,2-3,11-16H2,1H3,(H2,32,33). The van der Waals surface area contributed by atoms with E-state index < -0.39 is 6.10 Å². The highest BCUT2D eigenvalue weighted by Crippen LogP contribution is 2.36. The number of aromatic nitrogens is 1. The number of nitrogens with zero attached hydrogens (tertiary/aromatic N) is 3. The van der Waals surface area contributed by atoms with Crippen LogP contribution >= 0.6 is 23.2 Å². The summed E-state index contributed by atoms with van der Waals surface area (Å²) in [5.74, 6) is 0.821. The van der Waals surface area contributed by atoms with Crippen molar-refractivity contribution in [1.82, 2.24) is 14.8 Å². The number of nitrogens with two attached hydrogens (primary N) is 1. The van der Waals surface area contributed by atoms with Crippen LogP contribution in [-0.2, 0) is 0 Å². The van der Waals surface area contributed by atoms with Gasteiger partial charge in [-0.25, -0.2) is 4.98 Å². The summed E-state index contributed by atoms with van der Waals surface area (Å²) in [6.45, 7) is 5.92. The van der Waals surface area contributed by atoms with E-state index in [9.17, 15) is 4.79 Å². The molecule has 194 valence electrons. The quantitative estimate of drug-likeness (QED) is 0.388. The summed E-state index contributed by atoms with van der Waals surface area (Å²) >= 11 is 12.7. The normalized spacial score (nSPS) is 17.6. The molecule has 5 rings (SSSR count). The number of hydrogen-bond acceptors (Lipinski definition) is 5. The summed E-state index contributed by atoms with van der Waals surface area (Å²) in [5.41, 5.74) is 9.27. The lowest BCUT2D eigenvalue weighted by molar-refractivity contribution is 0.0644. The molecule has 1 amide bonds. The molecule has 2 aliphatic heterocycles. The first-order valence-electron chi connectivity index (χ1n) is 12.9. The van der Waals surface area contributed by atoms with E-state index in [4.69, 9.17) is 33.7 Å². The number of carbonyl (C=O) groups is 1. The lowest BCUT2D eigenvalue weighted by Gasteiger charge is -2.36. The summed E-state index contributed by atoms with van der Waals surface area (Å²) in [4.78, 5) is 22.0. The Morgan fingerprint density at radius 1 is 1.00 bits per heavy atom. The van der Waals surface area contributed by atoms with E-state index in [2.05, 4.69) is 9.88 Å². The smallest absolute Gasteiger partial charge is 0.253 e. The molecular formula is C29H32Cl2N4O2. The number of halogens is 2. The maximum Gasteiger partial charge on any atom is 0.253 e. The molecule has 3 aromatic rings. The second-order valence-electron chi connectivity index (χ2n) is 9.85. The molecule has 6 nitrogen and oxygen atoms in total. The van der Waals surface area contributed by atoms with Crippen LogP contribution in [-0.4, -0.2) is 52.9 Å². The summed E-state index contributed by atoms with van der Waals surface area (Å²) in [6.07, 6.45) is 6.00.